The van der Waals surface area contributed by atoms with Crippen molar-refractivity contribution in [2.24, 2.45) is 12.0 Å². The highest BCUT2D eigenvalue weighted by Gasteiger charge is 2.18. The molecule has 150 valence electrons. The van der Waals surface area contributed by atoms with Gasteiger partial charge in [-0.3, -0.25) is 9.89 Å². The number of aromatic nitrogens is 3. The lowest BCUT2D eigenvalue weighted by Gasteiger charge is -2.30. The maximum Gasteiger partial charge on any atom is 0.191 e. The maximum absolute atomic E-state index is 4.33. The fourth-order valence-corrected chi connectivity index (χ4v) is 2.98. The zero-order chi connectivity index (χ0) is 18.9. The molecule has 0 aliphatic heterocycles. The molecular weight excluding hydrogens is 453 g/mol. The highest BCUT2D eigenvalue weighted by molar-refractivity contribution is 14.0. The van der Waals surface area contributed by atoms with Gasteiger partial charge in [0, 0.05) is 20.6 Å². The topological polar surface area (TPSA) is 70.4 Å². The minimum atomic E-state index is 0. The first-order chi connectivity index (χ1) is 12.6. The SMILES string of the molecule is CCN(CC)C(CNC(=NC)NCc1nnc(C)n1C)c1ccccc1.I. The molecule has 2 rings (SSSR count). The largest absolute Gasteiger partial charge is 0.354 e. The van der Waals surface area contributed by atoms with Crippen molar-refractivity contribution in [3.8, 4) is 0 Å². The summed E-state index contributed by atoms with van der Waals surface area (Å²) >= 11 is 0. The summed E-state index contributed by atoms with van der Waals surface area (Å²) in [6, 6.07) is 10.9. The van der Waals surface area contributed by atoms with Crippen molar-refractivity contribution in [1.82, 2.24) is 30.3 Å². The lowest BCUT2D eigenvalue weighted by molar-refractivity contribution is 0.219. The van der Waals surface area contributed by atoms with Crippen LogP contribution in [-0.4, -0.2) is 52.3 Å². The van der Waals surface area contributed by atoms with E-state index in [0.29, 0.717) is 12.6 Å². The molecule has 0 radical (unpaired) electrons. The standard InChI is InChI=1S/C19H31N7.HI/c1-6-26(7-2)17(16-11-9-8-10-12-16)13-21-19(20-4)22-14-18-24-23-15(3)25(18)5;/h8-12,17H,6-7,13-14H2,1-5H3,(H2,20,21,22);1H. The van der Waals surface area contributed by atoms with Crippen LogP contribution in [0.2, 0.25) is 0 Å². The molecule has 0 spiro atoms. The molecule has 0 amide bonds. The Labute approximate surface area is 179 Å². The molecule has 1 heterocycles. The van der Waals surface area contributed by atoms with Crippen molar-refractivity contribution in [3.63, 3.8) is 0 Å². The van der Waals surface area contributed by atoms with Crippen molar-refractivity contribution in [3.05, 3.63) is 47.5 Å². The predicted molar refractivity (Wildman–Crippen MR) is 121 cm³/mol. The van der Waals surface area contributed by atoms with Crippen molar-refractivity contribution in [2.45, 2.75) is 33.4 Å². The Morgan fingerprint density at radius 1 is 1.15 bits per heavy atom. The van der Waals surface area contributed by atoms with Crippen LogP contribution in [0.1, 0.15) is 37.1 Å². The third kappa shape index (κ3) is 6.46. The average Bonchev–Trinajstić information content (AvgIpc) is 3.00. The number of likely N-dealkylation sites (N-methyl/N-ethyl adjacent to an activating group) is 1. The van der Waals surface area contributed by atoms with E-state index >= 15 is 0 Å². The second kappa shape index (κ2) is 11.9. The molecule has 7 nitrogen and oxygen atoms in total. The van der Waals surface area contributed by atoms with E-state index in [0.717, 1.165) is 37.2 Å². The highest BCUT2D eigenvalue weighted by atomic mass is 127. The van der Waals surface area contributed by atoms with E-state index in [1.54, 1.807) is 7.05 Å². The van der Waals surface area contributed by atoms with Gasteiger partial charge in [0.15, 0.2) is 11.8 Å². The first-order valence-electron chi connectivity index (χ1n) is 9.19. The number of hydrogen-bond donors (Lipinski definition) is 2. The molecule has 0 saturated carbocycles. The molecule has 27 heavy (non-hydrogen) atoms. The van der Waals surface area contributed by atoms with Crippen LogP contribution < -0.4 is 10.6 Å². The number of aliphatic imine (C=N–C) groups is 1. The number of rotatable bonds is 8. The number of guanidine groups is 1. The molecule has 0 saturated heterocycles. The number of nitrogens with zero attached hydrogens (tertiary/aromatic N) is 5. The summed E-state index contributed by atoms with van der Waals surface area (Å²) < 4.78 is 1.98. The zero-order valence-electron chi connectivity index (χ0n) is 16.9. The zero-order valence-corrected chi connectivity index (χ0v) is 19.3. The van der Waals surface area contributed by atoms with E-state index in [4.69, 9.17) is 0 Å². The van der Waals surface area contributed by atoms with E-state index in [9.17, 15) is 0 Å². The van der Waals surface area contributed by atoms with E-state index in [-0.39, 0.29) is 24.0 Å². The van der Waals surface area contributed by atoms with Crippen LogP contribution in [0.5, 0.6) is 0 Å². The summed E-state index contributed by atoms with van der Waals surface area (Å²) in [4.78, 5) is 6.78. The van der Waals surface area contributed by atoms with Crippen molar-refractivity contribution >= 4 is 29.9 Å². The second-order valence-corrected chi connectivity index (χ2v) is 6.18. The van der Waals surface area contributed by atoms with Gasteiger partial charge in [-0.05, 0) is 25.6 Å². The van der Waals surface area contributed by atoms with Gasteiger partial charge in [-0.25, -0.2) is 0 Å². The molecule has 8 heteroatoms. The lowest BCUT2D eigenvalue weighted by atomic mass is 10.1. The number of hydrogen-bond acceptors (Lipinski definition) is 4. The van der Waals surface area contributed by atoms with Crippen LogP contribution >= 0.6 is 24.0 Å². The molecule has 1 atom stereocenters. The molecule has 1 unspecified atom stereocenters. The first kappa shape index (κ1) is 23.4. The summed E-state index contributed by atoms with van der Waals surface area (Å²) in [5.74, 6) is 2.54. The molecular formula is C19H32IN7. The van der Waals surface area contributed by atoms with Crippen LogP contribution in [-0.2, 0) is 13.6 Å². The summed E-state index contributed by atoms with van der Waals surface area (Å²) in [6.45, 7) is 9.70. The normalized spacial score (nSPS) is 12.6. The number of aryl methyl sites for hydroxylation is 1. The summed E-state index contributed by atoms with van der Waals surface area (Å²) in [5, 5.41) is 15.0. The molecule has 1 aromatic carbocycles. The third-order valence-electron chi connectivity index (χ3n) is 4.72. The smallest absolute Gasteiger partial charge is 0.191 e. The van der Waals surface area contributed by atoms with Crippen LogP contribution in [0.15, 0.2) is 35.3 Å². The summed E-state index contributed by atoms with van der Waals surface area (Å²) in [6.07, 6.45) is 0. The molecule has 2 N–H and O–H groups in total. The van der Waals surface area contributed by atoms with Crippen LogP contribution in [0.3, 0.4) is 0 Å². The van der Waals surface area contributed by atoms with E-state index in [1.165, 1.54) is 5.56 Å². The van der Waals surface area contributed by atoms with Gasteiger partial charge in [0.2, 0.25) is 0 Å². The second-order valence-electron chi connectivity index (χ2n) is 6.18. The van der Waals surface area contributed by atoms with Crippen LogP contribution in [0.25, 0.3) is 0 Å². The van der Waals surface area contributed by atoms with Gasteiger partial charge in [0.05, 0.1) is 12.6 Å². The van der Waals surface area contributed by atoms with Gasteiger partial charge in [0.25, 0.3) is 0 Å². The van der Waals surface area contributed by atoms with Crippen molar-refractivity contribution < 1.29 is 0 Å². The Morgan fingerprint density at radius 2 is 1.81 bits per heavy atom. The molecule has 0 fully saturated rings. The Hall–Kier alpha value is -1.68. The number of benzene rings is 1. The van der Waals surface area contributed by atoms with E-state index in [2.05, 4.69) is 74.9 Å². The first-order valence-corrected chi connectivity index (χ1v) is 9.19. The van der Waals surface area contributed by atoms with E-state index < -0.39 is 0 Å². The van der Waals surface area contributed by atoms with Crippen molar-refractivity contribution in [2.75, 3.05) is 26.7 Å². The van der Waals surface area contributed by atoms with Crippen LogP contribution in [0, 0.1) is 6.92 Å². The average molecular weight is 485 g/mol. The van der Waals surface area contributed by atoms with Gasteiger partial charge < -0.3 is 15.2 Å². The number of nitrogens with one attached hydrogen (secondary N) is 2. The van der Waals surface area contributed by atoms with Crippen molar-refractivity contribution in [1.29, 1.82) is 0 Å². The van der Waals surface area contributed by atoms with Gasteiger partial charge in [0.1, 0.15) is 5.82 Å². The monoisotopic (exact) mass is 485 g/mol. The minimum absolute atomic E-state index is 0. The van der Waals surface area contributed by atoms with Crippen LogP contribution in [0.4, 0.5) is 0 Å². The Bertz CT molecular complexity index is 695. The minimum Gasteiger partial charge on any atom is -0.354 e. The fraction of sp³-hybridized carbons (Fsp3) is 0.526. The van der Waals surface area contributed by atoms with E-state index in [1.807, 2.05) is 18.5 Å². The molecule has 2 aromatic rings. The van der Waals surface area contributed by atoms with Gasteiger partial charge in [-0.1, -0.05) is 44.2 Å². The molecule has 1 aromatic heterocycles. The Balaban J connectivity index is 0.00000364. The Morgan fingerprint density at radius 3 is 2.33 bits per heavy atom. The maximum atomic E-state index is 4.33. The van der Waals surface area contributed by atoms with Gasteiger partial charge in [-0.15, -0.1) is 34.2 Å². The number of halogens is 1. The quantitative estimate of drug-likeness (QED) is 0.342. The summed E-state index contributed by atoms with van der Waals surface area (Å²) in [5.41, 5.74) is 1.31. The predicted octanol–water partition coefficient (Wildman–Crippen LogP) is 2.49. The third-order valence-corrected chi connectivity index (χ3v) is 4.72. The lowest BCUT2D eigenvalue weighted by Crippen LogP contribution is -2.43. The van der Waals surface area contributed by atoms with Gasteiger partial charge >= 0.3 is 0 Å². The fourth-order valence-electron chi connectivity index (χ4n) is 2.98. The molecule has 0 aliphatic carbocycles. The highest BCUT2D eigenvalue weighted by Crippen LogP contribution is 2.19. The summed E-state index contributed by atoms with van der Waals surface area (Å²) in [7, 11) is 3.75. The molecule has 0 aliphatic rings. The van der Waals surface area contributed by atoms with Gasteiger partial charge in [-0.2, -0.15) is 0 Å². The Kier molecular flexibility index (Phi) is 10.3. The molecule has 0 bridgehead atoms.